The van der Waals surface area contributed by atoms with Crippen molar-refractivity contribution in [1.82, 2.24) is 4.90 Å². The molecular formula is C10H11N5O5S. The maximum absolute atomic E-state index is 12.0. The van der Waals surface area contributed by atoms with Crippen molar-refractivity contribution < 1.29 is 24.9 Å². The number of fused-ring (bicyclic) bond motifs is 1. The molecule has 0 unspecified atom stereocenters. The zero-order valence-corrected chi connectivity index (χ0v) is 11.3. The predicted molar refractivity (Wildman–Crippen MR) is 74.1 cm³/mol. The molecule has 0 aromatic rings. The summed E-state index contributed by atoms with van der Waals surface area (Å²) in [6.45, 7) is -0.515. The van der Waals surface area contributed by atoms with Crippen LogP contribution in [0.3, 0.4) is 0 Å². The van der Waals surface area contributed by atoms with E-state index < -0.39 is 37.2 Å². The molecule has 1 fully saturated rings. The highest BCUT2D eigenvalue weighted by molar-refractivity contribution is 7.82. The van der Waals surface area contributed by atoms with Crippen LogP contribution in [-0.2, 0) is 4.74 Å². The summed E-state index contributed by atoms with van der Waals surface area (Å²) in [6, 6.07) is -0.772. The van der Waals surface area contributed by atoms with Crippen molar-refractivity contribution in [2.45, 2.75) is 24.5 Å². The Morgan fingerprint density at radius 1 is 1.29 bits per heavy atom. The Kier molecular flexibility index (Phi) is 3.30. The summed E-state index contributed by atoms with van der Waals surface area (Å²) in [5.41, 5.74) is 5.55. The first-order valence-corrected chi connectivity index (χ1v) is 6.36. The number of aliphatic hydroxyl groups excluding tert-OH is 3. The van der Waals surface area contributed by atoms with Crippen LogP contribution in [0.2, 0.25) is 0 Å². The summed E-state index contributed by atoms with van der Waals surface area (Å²) in [7, 11) is 0. The smallest absolute Gasteiger partial charge is 0.352 e. The maximum atomic E-state index is 12.0. The molecule has 112 valence electrons. The number of amides is 2. The number of aliphatic imine (C=N–C) groups is 3. The Morgan fingerprint density at radius 3 is 2.62 bits per heavy atom. The first-order valence-electron chi connectivity index (χ1n) is 5.96. The average Bonchev–Trinajstić information content (AvgIpc) is 2.89. The molecule has 5 N–H and O–H groups in total. The van der Waals surface area contributed by atoms with E-state index in [1.165, 1.54) is 0 Å². The summed E-state index contributed by atoms with van der Waals surface area (Å²) >= 11 is 4.95. The molecule has 10 nitrogen and oxygen atoms in total. The Labute approximate surface area is 123 Å². The van der Waals surface area contributed by atoms with E-state index in [-0.39, 0.29) is 22.5 Å². The summed E-state index contributed by atoms with van der Waals surface area (Å²) < 4.78 is 5.29. The van der Waals surface area contributed by atoms with Crippen molar-refractivity contribution in [1.29, 1.82) is 0 Å². The SMILES string of the molecule is NC1=NC(=S)C2=NC(=O)N([C@@H]3O[C@H](CO)[C@@H](O)[C@H]3O)C2=N1. The molecule has 11 heteroatoms. The summed E-state index contributed by atoms with van der Waals surface area (Å²) in [6.07, 6.45) is -5.06. The molecule has 0 aliphatic carbocycles. The van der Waals surface area contributed by atoms with Crippen LogP contribution in [-0.4, -0.2) is 79.9 Å². The number of aliphatic hydroxyl groups is 3. The molecule has 3 heterocycles. The van der Waals surface area contributed by atoms with Crippen molar-refractivity contribution >= 4 is 40.7 Å². The lowest BCUT2D eigenvalue weighted by atomic mass is 10.1. The molecule has 0 spiro atoms. The normalized spacial score (nSPS) is 35.6. The number of rotatable bonds is 2. The van der Waals surface area contributed by atoms with Gasteiger partial charge in [-0.05, 0) is 0 Å². The molecule has 0 aromatic heterocycles. The van der Waals surface area contributed by atoms with Crippen LogP contribution in [0.1, 0.15) is 0 Å². The van der Waals surface area contributed by atoms with Gasteiger partial charge in [-0.15, -0.1) is 0 Å². The van der Waals surface area contributed by atoms with Crippen LogP contribution in [0.15, 0.2) is 15.0 Å². The van der Waals surface area contributed by atoms with E-state index in [9.17, 15) is 15.0 Å². The second-order valence-electron chi connectivity index (χ2n) is 4.55. The van der Waals surface area contributed by atoms with Gasteiger partial charge in [0.05, 0.1) is 6.61 Å². The molecule has 0 aromatic carbocycles. The Balaban J connectivity index is 1.95. The highest BCUT2D eigenvalue weighted by Gasteiger charge is 2.51. The fourth-order valence-electron chi connectivity index (χ4n) is 2.27. The fourth-order valence-corrected chi connectivity index (χ4v) is 2.50. The molecule has 21 heavy (non-hydrogen) atoms. The van der Waals surface area contributed by atoms with E-state index in [0.29, 0.717) is 0 Å². The minimum atomic E-state index is -1.43. The molecule has 4 atom stereocenters. The standard InChI is InChI=1S/C10H11N5O5S/c11-9-13-6-3(7(21)14-9)12-10(19)15(6)8-5(18)4(17)2(1-16)20-8/h2,4-5,8,16-18H,1H2,(H2,11,14,21)/t2-,4-,5-,8-/m1/s1. The van der Waals surface area contributed by atoms with Crippen molar-refractivity contribution in [3.63, 3.8) is 0 Å². The predicted octanol–water partition coefficient (Wildman–Crippen LogP) is -2.64. The molecule has 3 aliphatic rings. The van der Waals surface area contributed by atoms with Crippen molar-refractivity contribution in [3.05, 3.63) is 0 Å². The van der Waals surface area contributed by atoms with Gasteiger partial charge in [-0.25, -0.2) is 9.69 Å². The highest BCUT2D eigenvalue weighted by atomic mass is 32.1. The van der Waals surface area contributed by atoms with Crippen LogP contribution >= 0.6 is 12.2 Å². The zero-order valence-electron chi connectivity index (χ0n) is 10.4. The number of urea groups is 1. The lowest BCUT2D eigenvalue weighted by molar-refractivity contribution is -0.0563. The highest BCUT2D eigenvalue weighted by Crippen LogP contribution is 2.28. The lowest BCUT2D eigenvalue weighted by Gasteiger charge is -2.26. The Bertz CT molecular complexity index is 617. The number of hydrogen-bond donors (Lipinski definition) is 4. The summed E-state index contributed by atoms with van der Waals surface area (Å²) in [4.78, 5) is 24.2. The van der Waals surface area contributed by atoms with E-state index in [2.05, 4.69) is 15.0 Å². The van der Waals surface area contributed by atoms with Gasteiger partial charge in [0.2, 0.25) is 5.96 Å². The largest absolute Gasteiger partial charge is 0.394 e. The number of nitrogens with zero attached hydrogens (tertiary/aromatic N) is 4. The molecule has 3 aliphatic heterocycles. The fraction of sp³-hybridized carbons (Fsp3) is 0.500. The first-order chi connectivity index (χ1) is 9.93. The van der Waals surface area contributed by atoms with Crippen LogP contribution in [0, 0.1) is 0 Å². The van der Waals surface area contributed by atoms with Crippen LogP contribution in [0.5, 0.6) is 0 Å². The first kappa shape index (κ1) is 14.2. The molecule has 3 rings (SSSR count). The van der Waals surface area contributed by atoms with E-state index in [0.717, 1.165) is 4.90 Å². The van der Waals surface area contributed by atoms with Crippen molar-refractivity contribution in [2.24, 2.45) is 20.7 Å². The minimum absolute atomic E-state index is 0.0000865. The molecule has 0 bridgehead atoms. The van der Waals surface area contributed by atoms with E-state index in [4.69, 9.17) is 27.8 Å². The van der Waals surface area contributed by atoms with Crippen LogP contribution in [0.25, 0.3) is 0 Å². The van der Waals surface area contributed by atoms with E-state index in [1.807, 2.05) is 0 Å². The minimum Gasteiger partial charge on any atom is -0.394 e. The van der Waals surface area contributed by atoms with Crippen LogP contribution in [0.4, 0.5) is 4.79 Å². The number of ether oxygens (including phenoxy) is 1. The number of thiocarbonyl (C=S) groups is 1. The second kappa shape index (κ2) is 4.89. The number of carbonyl (C=O) groups excluding carboxylic acids is 1. The molecule has 0 radical (unpaired) electrons. The van der Waals surface area contributed by atoms with Gasteiger partial charge in [-0.1, -0.05) is 12.2 Å². The van der Waals surface area contributed by atoms with Crippen molar-refractivity contribution in [3.8, 4) is 0 Å². The monoisotopic (exact) mass is 313 g/mol. The maximum Gasteiger partial charge on any atom is 0.352 e. The number of guanidine groups is 1. The topological polar surface area (TPSA) is 153 Å². The Morgan fingerprint density at radius 2 is 2.00 bits per heavy atom. The summed E-state index contributed by atoms with van der Waals surface area (Å²) in [5, 5.41) is 28.8. The van der Waals surface area contributed by atoms with Gasteiger partial charge in [0, 0.05) is 0 Å². The summed E-state index contributed by atoms with van der Waals surface area (Å²) in [5.74, 6) is -0.146. The molecule has 2 amide bonds. The van der Waals surface area contributed by atoms with E-state index >= 15 is 0 Å². The van der Waals surface area contributed by atoms with Gasteiger partial charge in [0.25, 0.3) is 0 Å². The lowest BCUT2D eigenvalue weighted by Crippen LogP contribution is -2.50. The number of carbonyl (C=O) groups is 1. The average molecular weight is 313 g/mol. The zero-order chi connectivity index (χ0) is 15.3. The number of amidine groups is 1. The van der Waals surface area contributed by atoms with Crippen molar-refractivity contribution in [2.75, 3.05) is 6.61 Å². The van der Waals surface area contributed by atoms with Crippen LogP contribution < -0.4 is 5.73 Å². The quantitative estimate of drug-likeness (QED) is 0.406. The number of hydrogen-bond acceptors (Lipinski definition) is 8. The van der Waals surface area contributed by atoms with E-state index in [1.54, 1.807) is 0 Å². The van der Waals surface area contributed by atoms with Gasteiger partial charge >= 0.3 is 6.03 Å². The molecule has 0 saturated carbocycles. The van der Waals surface area contributed by atoms with Gasteiger partial charge in [-0.3, -0.25) is 0 Å². The van der Waals surface area contributed by atoms with Gasteiger partial charge < -0.3 is 25.8 Å². The molecular weight excluding hydrogens is 302 g/mol. The van der Waals surface area contributed by atoms with Gasteiger partial charge in [0.1, 0.15) is 24.0 Å². The third kappa shape index (κ3) is 2.06. The molecule has 1 saturated heterocycles. The number of nitrogens with two attached hydrogens (primary N) is 1. The second-order valence-corrected chi connectivity index (χ2v) is 4.94. The van der Waals surface area contributed by atoms with Gasteiger partial charge in [0.15, 0.2) is 17.1 Å². The Hall–Kier alpha value is -1.79. The third-order valence-corrected chi connectivity index (χ3v) is 3.55. The van der Waals surface area contributed by atoms with Gasteiger partial charge in [-0.2, -0.15) is 15.0 Å². The third-order valence-electron chi connectivity index (χ3n) is 3.26.